The van der Waals surface area contributed by atoms with Crippen LogP contribution in [0.4, 0.5) is 0 Å². The van der Waals surface area contributed by atoms with Crippen molar-refractivity contribution < 1.29 is 9.26 Å². The lowest BCUT2D eigenvalue weighted by Crippen LogP contribution is -2.04. The van der Waals surface area contributed by atoms with Gasteiger partial charge < -0.3 is 15.0 Å². The van der Waals surface area contributed by atoms with Crippen molar-refractivity contribution in [3.63, 3.8) is 0 Å². The molecular weight excluding hydrogens is 322 g/mol. The lowest BCUT2D eigenvalue weighted by Gasteiger charge is -2.07. The van der Waals surface area contributed by atoms with Crippen LogP contribution in [0, 0.1) is 0 Å². The molecule has 2 rings (SSSR count). The summed E-state index contributed by atoms with van der Waals surface area (Å²) in [5.41, 5.74) is 6.70. The normalized spacial score (nSPS) is 11.1. The number of nitrogens with two attached hydrogens (primary N) is 1. The summed E-state index contributed by atoms with van der Waals surface area (Å²) in [7, 11) is 0. The zero-order valence-corrected chi connectivity index (χ0v) is 13.2. The second kappa shape index (κ2) is 6.85. The molecule has 0 amide bonds. The Morgan fingerprint density at radius 3 is 2.85 bits per heavy atom. The highest BCUT2D eigenvalue weighted by molar-refractivity contribution is 9.10. The zero-order chi connectivity index (χ0) is 14.5. The van der Waals surface area contributed by atoms with Gasteiger partial charge in [0.15, 0.2) is 12.4 Å². The van der Waals surface area contributed by atoms with E-state index in [4.69, 9.17) is 15.0 Å². The first kappa shape index (κ1) is 15.0. The fourth-order valence-electron chi connectivity index (χ4n) is 1.69. The first-order chi connectivity index (χ1) is 9.60. The Kier molecular flexibility index (Phi) is 5.14. The monoisotopic (exact) mass is 339 g/mol. The zero-order valence-electron chi connectivity index (χ0n) is 11.6. The molecule has 0 saturated heterocycles. The molecule has 108 valence electrons. The third kappa shape index (κ3) is 3.80. The number of aromatic nitrogens is 2. The topological polar surface area (TPSA) is 74.2 Å². The van der Waals surface area contributed by atoms with Gasteiger partial charge in [-0.25, -0.2) is 0 Å². The first-order valence-corrected chi connectivity index (χ1v) is 7.33. The van der Waals surface area contributed by atoms with E-state index in [2.05, 4.69) is 26.1 Å². The summed E-state index contributed by atoms with van der Waals surface area (Å²) < 4.78 is 11.8. The number of hydrogen-bond acceptors (Lipinski definition) is 5. The van der Waals surface area contributed by atoms with Gasteiger partial charge in [0.05, 0.1) is 0 Å². The molecule has 0 saturated carbocycles. The summed E-state index contributed by atoms with van der Waals surface area (Å²) in [5, 5.41) is 3.90. The van der Waals surface area contributed by atoms with Gasteiger partial charge >= 0.3 is 0 Å². The van der Waals surface area contributed by atoms with Gasteiger partial charge in [0, 0.05) is 10.4 Å². The summed E-state index contributed by atoms with van der Waals surface area (Å²) in [6, 6.07) is 5.81. The van der Waals surface area contributed by atoms with Crippen LogP contribution >= 0.6 is 15.9 Å². The van der Waals surface area contributed by atoms with Crippen molar-refractivity contribution in [3.8, 4) is 5.75 Å². The molecule has 2 aromatic rings. The molecule has 5 nitrogen and oxygen atoms in total. The van der Waals surface area contributed by atoms with Crippen LogP contribution in [0.2, 0.25) is 0 Å². The van der Waals surface area contributed by atoms with Gasteiger partial charge in [0.1, 0.15) is 5.75 Å². The first-order valence-electron chi connectivity index (χ1n) is 6.54. The van der Waals surface area contributed by atoms with E-state index in [9.17, 15) is 0 Å². The van der Waals surface area contributed by atoms with Crippen LogP contribution in [0.3, 0.4) is 0 Å². The van der Waals surface area contributed by atoms with Crippen LogP contribution in [0.1, 0.15) is 37.0 Å². The Morgan fingerprint density at radius 2 is 2.20 bits per heavy atom. The number of ether oxygens (including phenoxy) is 1. The molecule has 1 aromatic heterocycles. The third-order valence-electron chi connectivity index (χ3n) is 2.79. The fraction of sp³-hybridized carbons (Fsp3) is 0.429. The smallest absolute Gasteiger partial charge is 0.264 e. The standard InChI is InChI=1S/C14H18BrN3O2/c1-9(2)14-17-13(20-18-14)8-19-11-3-4-12(15)10(7-11)5-6-16/h3-4,7,9H,5-6,8,16H2,1-2H3. The minimum absolute atomic E-state index is 0.247. The predicted octanol–water partition coefficient (Wildman–Crippen LogP) is 3.04. The van der Waals surface area contributed by atoms with E-state index < -0.39 is 0 Å². The summed E-state index contributed by atoms with van der Waals surface area (Å²) in [5.74, 6) is 2.19. The minimum atomic E-state index is 0.247. The van der Waals surface area contributed by atoms with E-state index in [0.717, 1.165) is 22.2 Å². The van der Waals surface area contributed by atoms with Crippen LogP contribution in [-0.2, 0) is 13.0 Å². The molecule has 1 aromatic carbocycles. The highest BCUT2D eigenvalue weighted by atomic mass is 79.9. The predicted molar refractivity (Wildman–Crippen MR) is 79.6 cm³/mol. The summed E-state index contributed by atoms with van der Waals surface area (Å²) in [6.07, 6.45) is 0.801. The molecule has 1 heterocycles. The van der Waals surface area contributed by atoms with Crippen molar-refractivity contribution in [1.82, 2.24) is 10.1 Å². The molecule has 6 heteroatoms. The van der Waals surface area contributed by atoms with Gasteiger partial charge in [-0.15, -0.1) is 0 Å². The van der Waals surface area contributed by atoms with Gasteiger partial charge in [-0.2, -0.15) is 4.98 Å². The molecule has 2 N–H and O–H groups in total. The van der Waals surface area contributed by atoms with E-state index in [-0.39, 0.29) is 12.5 Å². The van der Waals surface area contributed by atoms with Gasteiger partial charge in [0.2, 0.25) is 0 Å². The number of benzene rings is 1. The molecular formula is C14H18BrN3O2. The molecule has 0 aliphatic carbocycles. The SMILES string of the molecule is CC(C)c1noc(COc2ccc(Br)c(CCN)c2)n1. The van der Waals surface area contributed by atoms with Gasteiger partial charge in [0.25, 0.3) is 5.89 Å². The van der Waals surface area contributed by atoms with Crippen molar-refractivity contribution in [2.45, 2.75) is 32.8 Å². The summed E-state index contributed by atoms with van der Waals surface area (Å²) in [6.45, 7) is 4.90. The highest BCUT2D eigenvalue weighted by Crippen LogP contribution is 2.23. The molecule has 0 atom stereocenters. The minimum Gasteiger partial charge on any atom is -0.484 e. The molecule has 0 radical (unpaired) electrons. The molecule has 0 unspecified atom stereocenters. The average Bonchev–Trinajstić information content (AvgIpc) is 2.89. The van der Waals surface area contributed by atoms with E-state index in [1.165, 1.54) is 0 Å². The van der Waals surface area contributed by atoms with E-state index >= 15 is 0 Å². The lowest BCUT2D eigenvalue weighted by molar-refractivity contribution is 0.242. The van der Waals surface area contributed by atoms with Gasteiger partial charge in [-0.05, 0) is 36.7 Å². The lowest BCUT2D eigenvalue weighted by atomic mass is 10.1. The third-order valence-corrected chi connectivity index (χ3v) is 3.57. The van der Waals surface area contributed by atoms with Gasteiger partial charge in [-0.1, -0.05) is 34.9 Å². The van der Waals surface area contributed by atoms with Gasteiger partial charge in [-0.3, -0.25) is 0 Å². The molecule has 0 aliphatic heterocycles. The fourth-order valence-corrected chi connectivity index (χ4v) is 2.14. The Labute approximate surface area is 126 Å². The Bertz CT molecular complexity index is 569. The second-order valence-corrected chi connectivity index (χ2v) is 5.64. The summed E-state index contributed by atoms with van der Waals surface area (Å²) in [4.78, 5) is 4.27. The highest BCUT2D eigenvalue weighted by Gasteiger charge is 2.10. The van der Waals surface area contributed by atoms with Crippen LogP contribution in [0.25, 0.3) is 0 Å². The number of nitrogens with zero attached hydrogens (tertiary/aromatic N) is 2. The number of halogens is 1. The van der Waals surface area contributed by atoms with Crippen molar-refractivity contribution >= 4 is 15.9 Å². The van der Waals surface area contributed by atoms with E-state index in [1.807, 2.05) is 32.0 Å². The van der Waals surface area contributed by atoms with Crippen molar-refractivity contribution in [2.24, 2.45) is 5.73 Å². The van der Waals surface area contributed by atoms with Crippen molar-refractivity contribution in [2.75, 3.05) is 6.54 Å². The van der Waals surface area contributed by atoms with E-state index in [1.54, 1.807) is 0 Å². The van der Waals surface area contributed by atoms with Crippen LogP contribution in [-0.4, -0.2) is 16.7 Å². The molecule has 0 bridgehead atoms. The Hall–Kier alpha value is -1.40. The van der Waals surface area contributed by atoms with Crippen molar-refractivity contribution in [1.29, 1.82) is 0 Å². The maximum absolute atomic E-state index is 5.67. The quantitative estimate of drug-likeness (QED) is 0.875. The molecule has 0 fully saturated rings. The van der Waals surface area contributed by atoms with Crippen LogP contribution in [0.15, 0.2) is 27.2 Å². The average molecular weight is 340 g/mol. The number of rotatable bonds is 6. The van der Waals surface area contributed by atoms with E-state index in [0.29, 0.717) is 18.3 Å². The maximum Gasteiger partial charge on any atom is 0.264 e. The number of hydrogen-bond donors (Lipinski definition) is 1. The molecule has 0 spiro atoms. The Morgan fingerprint density at radius 1 is 1.40 bits per heavy atom. The van der Waals surface area contributed by atoms with Crippen LogP contribution in [0.5, 0.6) is 5.75 Å². The molecule has 20 heavy (non-hydrogen) atoms. The molecule has 0 aliphatic rings. The van der Waals surface area contributed by atoms with Crippen LogP contribution < -0.4 is 10.5 Å². The largest absolute Gasteiger partial charge is 0.484 e. The second-order valence-electron chi connectivity index (χ2n) is 4.78. The summed E-state index contributed by atoms with van der Waals surface area (Å²) >= 11 is 3.49. The Balaban J connectivity index is 2.01. The van der Waals surface area contributed by atoms with Crippen molar-refractivity contribution in [3.05, 3.63) is 40.0 Å². The maximum atomic E-state index is 5.67.